The number of fused-ring (bicyclic) bond motifs is 3. The van der Waals surface area contributed by atoms with E-state index in [0.717, 1.165) is 41.0 Å². The summed E-state index contributed by atoms with van der Waals surface area (Å²) in [4.78, 5) is 31.0. The molecule has 2 aliphatic rings. The van der Waals surface area contributed by atoms with Gasteiger partial charge in [0.25, 0.3) is 0 Å². The molecular weight excluding hydrogens is 482 g/mol. The fourth-order valence-electron chi connectivity index (χ4n) is 5.04. The van der Waals surface area contributed by atoms with Crippen LogP contribution in [0.3, 0.4) is 0 Å². The first-order valence-electron chi connectivity index (χ1n) is 12.5. The van der Waals surface area contributed by atoms with E-state index in [1.807, 2.05) is 108 Å². The van der Waals surface area contributed by atoms with Crippen LogP contribution in [0.5, 0.6) is 0 Å². The number of aromatic nitrogens is 1. The Labute approximate surface area is 221 Å². The average molecular weight is 508 g/mol. The highest BCUT2D eigenvalue weighted by atomic mass is 35.5. The zero-order chi connectivity index (χ0) is 25.4. The van der Waals surface area contributed by atoms with Gasteiger partial charge in [-0.15, -0.1) is 0 Å². The van der Waals surface area contributed by atoms with Crippen molar-refractivity contribution in [2.24, 2.45) is 0 Å². The minimum Gasteiger partial charge on any atom is -0.327 e. The molecule has 0 saturated heterocycles. The summed E-state index contributed by atoms with van der Waals surface area (Å²) in [6, 6.07) is 29.0. The molecule has 6 heteroatoms. The van der Waals surface area contributed by atoms with Gasteiger partial charge in [0.2, 0.25) is 11.8 Å². The molecule has 1 saturated carbocycles. The third-order valence-corrected chi connectivity index (χ3v) is 7.22. The van der Waals surface area contributed by atoms with E-state index in [-0.39, 0.29) is 30.4 Å². The third kappa shape index (κ3) is 4.58. The standard InChI is InChI=1S/C31H26ClN3O2/c32-24-15-13-23(14-16-24)31-28-11-6-20-33(28)26-9-4-5-10-27(26)35(31)30(37)21-34(25-17-18-25)29(36)19-12-22-7-2-1-3-8-22/h1-16,19-20,25,31H,17-18,21H2/b19-12+. The normalized spacial score (nSPS) is 16.4. The van der Waals surface area contributed by atoms with Crippen molar-refractivity contribution in [1.82, 2.24) is 9.47 Å². The molecule has 0 bridgehead atoms. The van der Waals surface area contributed by atoms with Gasteiger partial charge in [-0.1, -0.05) is 66.2 Å². The fraction of sp³-hybridized carbons (Fsp3) is 0.161. The summed E-state index contributed by atoms with van der Waals surface area (Å²) in [5, 5.41) is 0.643. The summed E-state index contributed by atoms with van der Waals surface area (Å²) >= 11 is 6.19. The zero-order valence-corrected chi connectivity index (χ0v) is 21.0. The number of carbonyl (C=O) groups is 2. The molecule has 1 atom stereocenters. The highest BCUT2D eigenvalue weighted by Gasteiger charge is 2.39. The zero-order valence-electron chi connectivity index (χ0n) is 20.2. The summed E-state index contributed by atoms with van der Waals surface area (Å²) in [6.45, 7) is 0.0156. The van der Waals surface area contributed by atoms with Crippen LogP contribution in [0.1, 0.15) is 35.7 Å². The Morgan fingerprint density at radius 1 is 0.865 bits per heavy atom. The van der Waals surface area contributed by atoms with Crippen molar-refractivity contribution < 1.29 is 9.59 Å². The number of halogens is 1. The van der Waals surface area contributed by atoms with E-state index >= 15 is 0 Å². The van der Waals surface area contributed by atoms with E-state index in [2.05, 4.69) is 4.57 Å². The van der Waals surface area contributed by atoms with E-state index in [1.54, 1.807) is 11.0 Å². The molecule has 184 valence electrons. The van der Waals surface area contributed by atoms with Crippen LogP contribution in [0.2, 0.25) is 5.02 Å². The lowest BCUT2D eigenvalue weighted by Gasteiger charge is -2.39. The number of hydrogen-bond donors (Lipinski definition) is 0. The number of benzene rings is 3. The molecule has 2 amide bonds. The molecule has 2 heterocycles. The van der Waals surface area contributed by atoms with E-state index in [9.17, 15) is 9.59 Å². The van der Waals surface area contributed by atoms with Crippen LogP contribution >= 0.6 is 11.6 Å². The highest BCUT2D eigenvalue weighted by molar-refractivity contribution is 6.30. The van der Waals surface area contributed by atoms with E-state index in [1.165, 1.54) is 0 Å². The van der Waals surface area contributed by atoms with Crippen molar-refractivity contribution >= 4 is 35.2 Å². The van der Waals surface area contributed by atoms with Gasteiger partial charge in [0.05, 0.1) is 17.1 Å². The molecule has 1 unspecified atom stereocenters. The van der Waals surface area contributed by atoms with Crippen molar-refractivity contribution in [2.45, 2.75) is 24.9 Å². The van der Waals surface area contributed by atoms with Crippen molar-refractivity contribution in [2.75, 3.05) is 11.4 Å². The molecule has 4 aromatic rings. The Bertz CT molecular complexity index is 1470. The quantitative estimate of drug-likeness (QED) is 0.289. The Morgan fingerprint density at radius 3 is 2.30 bits per heavy atom. The number of amides is 2. The van der Waals surface area contributed by atoms with Crippen LogP contribution in [-0.2, 0) is 9.59 Å². The third-order valence-electron chi connectivity index (χ3n) is 6.97. The van der Waals surface area contributed by atoms with Gasteiger partial charge in [-0.2, -0.15) is 0 Å². The average Bonchev–Trinajstić information content (AvgIpc) is 3.65. The number of anilines is 1. The summed E-state index contributed by atoms with van der Waals surface area (Å²) in [5.74, 6) is -0.260. The molecule has 5 nitrogen and oxygen atoms in total. The molecule has 1 aromatic heterocycles. The van der Waals surface area contributed by atoms with Gasteiger partial charge in [-0.3, -0.25) is 14.5 Å². The van der Waals surface area contributed by atoms with Crippen LogP contribution in [0, 0.1) is 0 Å². The first kappa shape index (κ1) is 23.3. The minimum atomic E-state index is -0.342. The Morgan fingerprint density at radius 2 is 1.57 bits per heavy atom. The molecular formula is C31H26ClN3O2. The van der Waals surface area contributed by atoms with Gasteiger partial charge < -0.3 is 9.47 Å². The fourth-order valence-corrected chi connectivity index (χ4v) is 5.17. The van der Waals surface area contributed by atoms with Crippen molar-refractivity contribution in [3.05, 3.63) is 125 Å². The van der Waals surface area contributed by atoms with E-state index in [0.29, 0.717) is 5.02 Å². The van der Waals surface area contributed by atoms with Gasteiger partial charge >= 0.3 is 0 Å². The lowest BCUT2D eigenvalue weighted by Crippen LogP contribution is -2.47. The predicted octanol–water partition coefficient (Wildman–Crippen LogP) is 6.27. The predicted molar refractivity (Wildman–Crippen MR) is 147 cm³/mol. The van der Waals surface area contributed by atoms with Crippen LogP contribution in [0.25, 0.3) is 11.8 Å². The lowest BCUT2D eigenvalue weighted by molar-refractivity contribution is -0.132. The Hall–Kier alpha value is -4.09. The van der Waals surface area contributed by atoms with Crippen LogP contribution in [-0.4, -0.2) is 33.9 Å². The number of nitrogens with zero attached hydrogens (tertiary/aromatic N) is 3. The van der Waals surface area contributed by atoms with Crippen LogP contribution in [0.4, 0.5) is 5.69 Å². The Kier molecular flexibility index (Phi) is 6.15. The van der Waals surface area contributed by atoms with Crippen LogP contribution in [0.15, 0.2) is 103 Å². The molecule has 0 spiro atoms. The van der Waals surface area contributed by atoms with Gasteiger partial charge in [-0.05, 0) is 66.4 Å². The molecule has 1 aliphatic heterocycles. The second-order valence-electron chi connectivity index (χ2n) is 9.45. The second kappa shape index (κ2) is 9.75. The van der Waals surface area contributed by atoms with Crippen molar-refractivity contribution in [3.8, 4) is 5.69 Å². The summed E-state index contributed by atoms with van der Waals surface area (Å²) in [5.41, 5.74) is 4.66. The maximum absolute atomic E-state index is 14.1. The molecule has 1 aliphatic carbocycles. The molecule has 0 radical (unpaired) electrons. The number of hydrogen-bond acceptors (Lipinski definition) is 2. The first-order chi connectivity index (χ1) is 18.1. The Balaban J connectivity index is 1.35. The van der Waals surface area contributed by atoms with Gasteiger partial charge in [-0.25, -0.2) is 0 Å². The summed E-state index contributed by atoms with van der Waals surface area (Å²) < 4.78 is 2.13. The molecule has 3 aromatic carbocycles. The number of para-hydroxylation sites is 2. The number of rotatable bonds is 6. The smallest absolute Gasteiger partial charge is 0.247 e. The largest absolute Gasteiger partial charge is 0.327 e. The maximum Gasteiger partial charge on any atom is 0.247 e. The monoisotopic (exact) mass is 507 g/mol. The van der Waals surface area contributed by atoms with E-state index < -0.39 is 0 Å². The van der Waals surface area contributed by atoms with Gasteiger partial charge in [0.15, 0.2) is 0 Å². The molecule has 6 rings (SSSR count). The summed E-state index contributed by atoms with van der Waals surface area (Å²) in [7, 11) is 0. The lowest BCUT2D eigenvalue weighted by atomic mass is 9.97. The van der Waals surface area contributed by atoms with Crippen LogP contribution < -0.4 is 4.90 Å². The second-order valence-corrected chi connectivity index (χ2v) is 9.89. The topological polar surface area (TPSA) is 45.6 Å². The van der Waals surface area contributed by atoms with E-state index in [4.69, 9.17) is 11.6 Å². The SMILES string of the molecule is O=C(/C=C/c1ccccc1)N(CC(=O)N1c2ccccc2-n2cccc2C1c1ccc(Cl)cc1)C1CC1. The van der Waals surface area contributed by atoms with Gasteiger partial charge in [0, 0.05) is 23.3 Å². The van der Waals surface area contributed by atoms with Gasteiger partial charge in [0.1, 0.15) is 12.6 Å². The van der Waals surface area contributed by atoms with Crippen molar-refractivity contribution in [3.63, 3.8) is 0 Å². The molecule has 37 heavy (non-hydrogen) atoms. The molecule has 1 fully saturated rings. The van der Waals surface area contributed by atoms with Crippen molar-refractivity contribution in [1.29, 1.82) is 0 Å². The minimum absolute atomic E-state index is 0.0156. The highest BCUT2D eigenvalue weighted by Crippen LogP contribution is 2.42. The maximum atomic E-state index is 14.1. The first-order valence-corrected chi connectivity index (χ1v) is 12.9. The molecule has 0 N–H and O–H groups in total. The summed E-state index contributed by atoms with van der Waals surface area (Å²) in [6.07, 6.45) is 7.23. The number of carbonyl (C=O) groups excluding carboxylic acids is 2.